The summed E-state index contributed by atoms with van der Waals surface area (Å²) in [6, 6.07) is 9.32. The molecule has 1 spiro atoms. The monoisotopic (exact) mass is 271 g/mol. The SMILES string of the molecule is Cc1ccc(C2CNCCC23CC(C)CCC3C)cc1. The highest BCUT2D eigenvalue weighted by atomic mass is 14.9. The normalized spacial score (nSPS) is 38.0. The van der Waals surface area contributed by atoms with E-state index in [1.54, 1.807) is 5.56 Å². The molecule has 110 valence electrons. The van der Waals surface area contributed by atoms with E-state index in [4.69, 9.17) is 0 Å². The number of nitrogens with one attached hydrogen (secondary N) is 1. The fraction of sp³-hybridized carbons (Fsp3) is 0.684. The molecule has 0 radical (unpaired) electrons. The van der Waals surface area contributed by atoms with Gasteiger partial charge in [0.15, 0.2) is 0 Å². The number of hydrogen-bond acceptors (Lipinski definition) is 1. The van der Waals surface area contributed by atoms with Crippen molar-refractivity contribution in [3.8, 4) is 0 Å². The van der Waals surface area contributed by atoms with Crippen molar-refractivity contribution < 1.29 is 0 Å². The summed E-state index contributed by atoms with van der Waals surface area (Å²) in [7, 11) is 0. The van der Waals surface area contributed by atoms with Gasteiger partial charge in [0.25, 0.3) is 0 Å². The molecule has 1 heterocycles. The molecule has 1 saturated carbocycles. The van der Waals surface area contributed by atoms with Crippen LogP contribution < -0.4 is 5.32 Å². The Morgan fingerprint density at radius 2 is 1.85 bits per heavy atom. The summed E-state index contributed by atoms with van der Waals surface area (Å²) in [6.07, 6.45) is 5.63. The van der Waals surface area contributed by atoms with Crippen molar-refractivity contribution >= 4 is 0 Å². The van der Waals surface area contributed by atoms with Gasteiger partial charge in [0.05, 0.1) is 0 Å². The molecule has 1 aromatic carbocycles. The Bertz CT molecular complexity index is 449. The largest absolute Gasteiger partial charge is 0.316 e. The Morgan fingerprint density at radius 1 is 1.10 bits per heavy atom. The van der Waals surface area contributed by atoms with E-state index in [2.05, 4.69) is 50.4 Å². The lowest BCUT2D eigenvalue weighted by Gasteiger charge is -2.53. The van der Waals surface area contributed by atoms with Gasteiger partial charge in [0.1, 0.15) is 0 Å². The second-order valence-electron chi connectivity index (χ2n) is 7.44. The van der Waals surface area contributed by atoms with E-state index in [0.717, 1.165) is 11.8 Å². The Kier molecular flexibility index (Phi) is 3.90. The van der Waals surface area contributed by atoms with E-state index in [-0.39, 0.29) is 0 Å². The van der Waals surface area contributed by atoms with Crippen molar-refractivity contribution in [2.75, 3.05) is 13.1 Å². The van der Waals surface area contributed by atoms with Gasteiger partial charge < -0.3 is 5.32 Å². The summed E-state index contributed by atoms with van der Waals surface area (Å²) in [5.41, 5.74) is 3.47. The molecule has 3 rings (SSSR count). The third-order valence-corrected chi connectivity index (χ3v) is 6.09. The maximum absolute atomic E-state index is 3.65. The van der Waals surface area contributed by atoms with Crippen molar-refractivity contribution in [2.24, 2.45) is 17.3 Å². The predicted molar refractivity (Wildman–Crippen MR) is 86.0 cm³/mol. The summed E-state index contributed by atoms with van der Waals surface area (Å²) >= 11 is 0. The Morgan fingerprint density at radius 3 is 2.60 bits per heavy atom. The van der Waals surface area contributed by atoms with Crippen molar-refractivity contribution in [1.82, 2.24) is 5.32 Å². The van der Waals surface area contributed by atoms with E-state index in [9.17, 15) is 0 Å². The lowest BCUT2D eigenvalue weighted by Crippen LogP contribution is -2.49. The first kappa shape index (κ1) is 14.1. The third-order valence-electron chi connectivity index (χ3n) is 6.09. The number of rotatable bonds is 1. The zero-order chi connectivity index (χ0) is 14.2. The molecule has 20 heavy (non-hydrogen) atoms. The van der Waals surface area contributed by atoms with Crippen LogP contribution in [0, 0.1) is 24.2 Å². The quantitative estimate of drug-likeness (QED) is 0.792. The van der Waals surface area contributed by atoms with Gasteiger partial charge >= 0.3 is 0 Å². The molecule has 0 bridgehead atoms. The van der Waals surface area contributed by atoms with Crippen LogP contribution in [-0.4, -0.2) is 13.1 Å². The average Bonchev–Trinajstić information content (AvgIpc) is 2.45. The summed E-state index contributed by atoms with van der Waals surface area (Å²) in [6.45, 7) is 9.53. The van der Waals surface area contributed by atoms with Crippen LogP contribution in [-0.2, 0) is 0 Å². The molecular weight excluding hydrogens is 242 g/mol. The minimum atomic E-state index is 0.540. The fourth-order valence-electron chi connectivity index (χ4n) is 4.80. The van der Waals surface area contributed by atoms with E-state index >= 15 is 0 Å². The molecule has 1 aromatic rings. The first-order valence-corrected chi connectivity index (χ1v) is 8.39. The smallest absolute Gasteiger partial charge is 0.00256 e. The van der Waals surface area contributed by atoms with E-state index in [0.29, 0.717) is 11.3 Å². The predicted octanol–water partition coefficient (Wildman–Crippen LogP) is 4.51. The standard InChI is InChI=1S/C19H29N/c1-14-5-8-17(9-6-14)18-13-20-11-10-19(18)12-15(2)4-7-16(19)3/h5-6,8-9,15-16,18,20H,4,7,10-13H2,1-3H3. The first-order chi connectivity index (χ1) is 9.62. The van der Waals surface area contributed by atoms with Crippen LogP contribution in [0.3, 0.4) is 0 Å². The minimum absolute atomic E-state index is 0.540. The Labute approximate surface area is 124 Å². The molecule has 4 atom stereocenters. The molecule has 0 amide bonds. The van der Waals surface area contributed by atoms with E-state index < -0.39 is 0 Å². The van der Waals surface area contributed by atoms with Crippen LogP contribution >= 0.6 is 0 Å². The van der Waals surface area contributed by atoms with Gasteiger partial charge in [-0.05, 0) is 55.5 Å². The van der Waals surface area contributed by atoms with Gasteiger partial charge in [-0.2, -0.15) is 0 Å². The highest BCUT2D eigenvalue weighted by Gasteiger charge is 2.47. The molecule has 4 unspecified atom stereocenters. The van der Waals surface area contributed by atoms with Gasteiger partial charge in [-0.25, -0.2) is 0 Å². The van der Waals surface area contributed by atoms with Gasteiger partial charge in [0.2, 0.25) is 0 Å². The van der Waals surface area contributed by atoms with Crippen LogP contribution in [0.15, 0.2) is 24.3 Å². The van der Waals surface area contributed by atoms with Crippen LogP contribution in [0.2, 0.25) is 0 Å². The van der Waals surface area contributed by atoms with Crippen molar-refractivity contribution in [3.63, 3.8) is 0 Å². The third kappa shape index (κ3) is 2.41. The molecule has 1 nitrogen and oxygen atoms in total. The van der Waals surface area contributed by atoms with Gasteiger partial charge in [0, 0.05) is 12.5 Å². The summed E-state index contributed by atoms with van der Waals surface area (Å²) < 4.78 is 0. The van der Waals surface area contributed by atoms with E-state index in [1.807, 2.05) is 0 Å². The number of benzene rings is 1. The highest BCUT2D eigenvalue weighted by molar-refractivity contribution is 5.28. The second kappa shape index (κ2) is 5.52. The lowest BCUT2D eigenvalue weighted by molar-refractivity contribution is 0.0184. The number of hydrogen-bond donors (Lipinski definition) is 1. The van der Waals surface area contributed by atoms with E-state index in [1.165, 1.54) is 44.3 Å². The molecule has 2 fully saturated rings. The molecule has 1 heteroatoms. The topological polar surface area (TPSA) is 12.0 Å². The summed E-state index contributed by atoms with van der Waals surface area (Å²) in [5, 5.41) is 3.65. The Balaban J connectivity index is 1.95. The van der Waals surface area contributed by atoms with Crippen LogP contribution in [0.5, 0.6) is 0 Å². The molecule has 1 aliphatic carbocycles. The zero-order valence-electron chi connectivity index (χ0n) is 13.3. The minimum Gasteiger partial charge on any atom is -0.316 e. The molecular formula is C19H29N. The van der Waals surface area contributed by atoms with Crippen LogP contribution in [0.4, 0.5) is 0 Å². The maximum Gasteiger partial charge on any atom is 0.00256 e. The average molecular weight is 271 g/mol. The van der Waals surface area contributed by atoms with Gasteiger partial charge in [-0.15, -0.1) is 0 Å². The van der Waals surface area contributed by atoms with Crippen LogP contribution in [0.25, 0.3) is 0 Å². The molecule has 1 saturated heterocycles. The molecule has 2 aliphatic rings. The summed E-state index contributed by atoms with van der Waals surface area (Å²) in [5.74, 6) is 2.47. The number of aryl methyl sites for hydroxylation is 1. The molecule has 0 aromatic heterocycles. The lowest BCUT2D eigenvalue weighted by atomic mass is 9.54. The number of piperidine rings is 1. The van der Waals surface area contributed by atoms with Gasteiger partial charge in [-0.3, -0.25) is 0 Å². The molecule has 1 N–H and O–H groups in total. The highest BCUT2D eigenvalue weighted by Crippen LogP contribution is 2.55. The Hall–Kier alpha value is -0.820. The molecule has 1 aliphatic heterocycles. The second-order valence-corrected chi connectivity index (χ2v) is 7.44. The first-order valence-electron chi connectivity index (χ1n) is 8.39. The maximum atomic E-state index is 3.65. The fourth-order valence-corrected chi connectivity index (χ4v) is 4.80. The van der Waals surface area contributed by atoms with Crippen molar-refractivity contribution in [1.29, 1.82) is 0 Å². The van der Waals surface area contributed by atoms with Crippen LogP contribution in [0.1, 0.15) is 56.6 Å². The van der Waals surface area contributed by atoms with Crippen molar-refractivity contribution in [3.05, 3.63) is 35.4 Å². The zero-order valence-corrected chi connectivity index (χ0v) is 13.3. The van der Waals surface area contributed by atoms with Gasteiger partial charge in [-0.1, -0.05) is 50.1 Å². The van der Waals surface area contributed by atoms with Crippen molar-refractivity contribution in [2.45, 2.75) is 52.4 Å². The summed E-state index contributed by atoms with van der Waals surface area (Å²) in [4.78, 5) is 0.